The van der Waals surface area contributed by atoms with E-state index in [-0.39, 0.29) is 188 Å². The number of Topliss-reactive ketones (excluding diaryl/α,β-unsaturated/α-hetero) is 2. The van der Waals surface area contributed by atoms with E-state index in [0.717, 1.165) is 37.4 Å². The van der Waals surface area contributed by atoms with Crippen molar-refractivity contribution in [1.82, 2.24) is 49.5 Å². The van der Waals surface area contributed by atoms with Gasteiger partial charge in [0.15, 0.2) is 0 Å². The number of aliphatic hydroxyl groups is 6. The van der Waals surface area contributed by atoms with E-state index in [1.165, 1.54) is 123 Å². The Morgan fingerprint density at radius 2 is 0.870 bits per heavy atom. The van der Waals surface area contributed by atoms with E-state index in [0.29, 0.717) is 131 Å². The van der Waals surface area contributed by atoms with Crippen LogP contribution in [-0.2, 0) is 102 Å². The average molecular weight is 2100 g/mol. The molecule has 6 amide bonds. The first-order valence-corrected chi connectivity index (χ1v) is 53.4. The largest absolute Gasteiger partial charge is 1.00 e. The number of aliphatic hydroxyl groups excluding tert-OH is 6. The summed E-state index contributed by atoms with van der Waals surface area (Å²) in [5.41, 5.74) is -0.0185. The number of carbonyl (C=O) groups is 15. The summed E-state index contributed by atoms with van der Waals surface area (Å²) in [5, 5.41) is 133. The van der Waals surface area contributed by atoms with Crippen LogP contribution in [0.5, 0.6) is 0 Å². The predicted molar refractivity (Wildman–Crippen MR) is 495 cm³/mol. The number of nitrogens with two attached hydrogens (primary N) is 2. The number of carbonyl (C=O) groups excluding carboxylic acids is 10. The molecule has 138 heavy (non-hydrogen) atoms. The number of hydrogen-bond acceptors (Lipinski definition) is 36. The topological polar surface area (TPSA) is 708 Å². The van der Waals surface area contributed by atoms with Gasteiger partial charge >= 0.3 is 65.4 Å². The third-order valence-corrected chi connectivity index (χ3v) is 34.6. The van der Waals surface area contributed by atoms with Crippen molar-refractivity contribution in [3.05, 3.63) is 63.6 Å². The summed E-state index contributed by atoms with van der Waals surface area (Å²) in [5.74, 6) is -11.5. The Kier molecular flexibility index (Phi) is 40.7. The zero-order valence-corrected chi connectivity index (χ0v) is 86.2. The molecule has 0 spiro atoms. The third kappa shape index (κ3) is 26.0. The maximum atomic E-state index is 12.2. The summed E-state index contributed by atoms with van der Waals surface area (Å²) >= 11 is 8.02. The Morgan fingerprint density at radius 1 is 0.514 bits per heavy atom. The van der Waals surface area contributed by atoms with Crippen LogP contribution in [0.15, 0.2) is 63.6 Å². The number of nitrogens with one attached hydrogen (secondary N) is 4. The molecule has 1 unspecified atom stereocenters. The van der Waals surface area contributed by atoms with E-state index in [4.69, 9.17) is 19.8 Å². The van der Waals surface area contributed by atoms with Gasteiger partial charge in [0.1, 0.15) is 45.4 Å². The third-order valence-electron chi connectivity index (χ3n) is 25.7. The van der Waals surface area contributed by atoms with Crippen molar-refractivity contribution in [2.75, 3.05) is 56.7 Å². The number of esters is 1. The number of β-lactam (4-membered cyclic amide) rings is 6. The van der Waals surface area contributed by atoms with Gasteiger partial charge in [-0.15, -0.1) is 58.8 Å². The average Bonchev–Trinajstić information content (AvgIpc) is 1.56. The summed E-state index contributed by atoms with van der Waals surface area (Å²) in [7, 11) is -7.50. The second-order valence-electron chi connectivity index (χ2n) is 35.7. The molecule has 762 valence electrons. The van der Waals surface area contributed by atoms with Gasteiger partial charge in [-0.1, -0.05) is 32.0 Å². The first-order valence-electron chi connectivity index (χ1n) is 44.7. The molecule has 0 aliphatic carbocycles. The second-order valence-corrected chi connectivity index (χ2v) is 45.8. The number of hydrogen-bond donors (Lipinski definition) is 17. The van der Waals surface area contributed by atoms with Crippen molar-refractivity contribution in [3.63, 3.8) is 0 Å². The van der Waals surface area contributed by atoms with Crippen molar-refractivity contribution in [3.8, 4) is 0 Å². The molecule has 9 fully saturated rings. The molecular formula is C84H119N12NaO33S8. The van der Waals surface area contributed by atoms with E-state index in [1.54, 1.807) is 27.7 Å². The van der Waals surface area contributed by atoms with E-state index < -0.39 is 146 Å². The predicted octanol–water partition coefficient (Wildman–Crippen LogP) is -4.45. The number of carboxylic acids is 6. The molecule has 0 radical (unpaired) electrons. The molecule has 45 nitrogen and oxygen atoms in total. The molecule has 0 saturated carbocycles. The van der Waals surface area contributed by atoms with Crippen LogP contribution in [0.2, 0.25) is 0 Å². The van der Waals surface area contributed by atoms with E-state index >= 15 is 0 Å². The molecule has 15 aliphatic heterocycles. The van der Waals surface area contributed by atoms with Gasteiger partial charge in [-0.3, -0.25) is 38.5 Å². The van der Waals surface area contributed by atoms with Gasteiger partial charge in [0, 0.05) is 129 Å². The molecule has 9 saturated heterocycles. The number of aliphatic carboxylic acids is 6. The molecule has 0 aromatic rings. The second kappa shape index (κ2) is 48.8. The Hall–Kier alpha value is -6.63. The van der Waals surface area contributed by atoms with Crippen LogP contribution in [0.3, 0.4) is 0 Å². The van der Waals surface area contributed by atoms with Crippen molar-refractivity contribution >= 4 is 180 Å². The van der Waals surface area contributed by atoms with Crippen molar-refractivity contribution < 1.29 is 189 Å². The fourth-order valence-electron chi connectivity index (χ4n) is 19.4. The Balaban J connectivity index is 0.000000186. The van der Waals surface area contributed by atoms with Gasteiger partial charge < -0.3 is 120 Å². The molecule has 19 N–H and O–H groups in total. The first kappa shape index (κ1) is 115. The number of unbranched alkanes of at least 4 members (excludes halogenated alkanes) is 1. The van der Waals surface area contributed by atoms with Gasteiger partial charge in [-0.05, 0) is 112 Å². The maximum Gasteiger partial charge on any atom is 1.00 e. The molecule has 0 aromatic heterocycles. The number of thioether (sulfide) groups is 6. The van der Waals surface area contributed by atoms with Crippen LogP contribution in [0.1, 0.15) is 159 Å². The van der Waals surface area contributed by atoms with E-state index in [1.807, 2.05) is 6.92 Å². The number of ether oxygens (including phenoxy) is 2. The van der Waals surface area contributed by atoms with Crippen molar-refractivity contribution in [1.29, 1.82) is 0 Å². The first-order chi connectivity index (χ1) is 64.2. The van der Waals surface area contributed by atoms with Crippen molar-refractivity contribution in [2.24, 2.45) is 51.7 Å². The number of fused-ring (bicyclic) bond motifs is 6. The minimum Gasteiger partial charge on any atom is -0.543 e. The zero-order valence-electron chi connectivity index (χ0n) is 77.6. The quantitative estimate of drug-likeness (QED) is 0.0119. The number of carboxylic acid groups (broad SMARTS) is 6. The number of rotatable bonds is 39. The summed E-state index contributed by atoms with van der Waals surface area (Å²) in [6.07, 6.45) is 3.79. The van der Waals surface area contributed by atoms with Crippen LogP contribution in [0, 0.1) is 41.4 Å². The van der Waals surface area contributed by atoms with E-state index in [9.17, 15) is 150 Å². The van der Waals surface area contributed by atoms with Gasteiger partial charge in [0.25, 0.3) is 20.4 Å². The Labute approximate surface area is 843 Å². The minimum atomic E-state index is -3.75. The molecule has 15 heterocycles. The molecule has 24 atom stereocenters. The van der Waals surface area contributed by atoms with Gasteiger partial charge in [0.2, 0.25) is 35.4 Å². The van der Waals surface area contributed by atoms with Crippen LogP contribution in [0.25, 0.3) is 0 Å². The fraction of sp³-hybridized carbons (Fsp3) is 0.679. The smallest absolute Gasteiger partial charge is 0.543 e. The standard InChI is InChI=1S/C16H23NO6S.2C14H22N4O6S2.2C14H19NO5S.C12H15NO5S.Na/c1-4-5-6-23-10(19)7-24-14-8(2)12-11(9(3)18)15(20)17(12)13(14)16(21)22;2*1-6(19)11-9-3-10(12(14(21)22)18(9)13(11)20)25-8-2-7(16-5-8)4-17-26(15,23)24;2*1-7(16)4-3-5-21-10-6-9-11(8(2)17)13(18)15(9)12(10)14(19)20;1-5(14)7-10(15)13-8(12(16)17)9(19-11(7)13)6-3-2-4-18-6;/h8-9,11-12,18H,4-7H2,1-3H3,(H,21,22);2*6-9,11,16-17,19H,2-5H2,1H3,(H,21,22)(H2,15,23,24);2*8-9,11,17H,3-6H2,1-2H3,(H,19,20);5-7,11,14H,2-4H2,1H3,(H,16,17);/q;;;;;;+1/p-1/t8-,9-,11-,12-;2*6-,7-,8-,9+,11-;8-,9+,11+;8-,9-,11-;5?,6-,7-,11-;/m100011./s1. The van der Waals surface area contributed by atoms with Gasteiger partial charge in [0.05, 0.1) is 132 Å². The zero-order chi connectivity index (χ0) is 102. The van der Waals surface area contributed by atoms with Crippen LogP contribution < -0.4 is 65.0 Å². The number of ketones is 2. The normalized spacial score (nSPS) is 29.6. The molecule has 54 heteroatoms. The Morgan fingerprint density at radius 3 is 1.20 bits per heavy atom. The fourth-order valence-corrected chi connectivity index (χ4v) is 28.2. The minimum absolute atomic E-state index is 0. The summed E-state index contributed by atoms with van der Waals surface area (Å²) in [6, 6.07) is -1.66. The maximum absolute atomic E-state index is 12.2. The monoisotopic (exact) mass is 2100 g/mol. The van der Waals surface area contributed by atoms with Gasteiger partial charge in [-0.2, -0.15) is 16.8 Å². The van der Waals surface area contributed by atoms with Crippen LogP contribution >= 0.6 is 70.6 Å². The number of amides is 6. The molecule has 0 bridgehead atoms. The SMILES string of the molecule is CC(=O)CCCSC1=C(C(=O)O)N2C(=O)[C@H]([C@@H](C)O)[C@H]2C1.CC(=O)CCCSC1=C(C(=O)O)N2C(=O)[C@H]([C@H](C)O)[C@H]2C1.CC(O)[C@@H]1C(=O)N2C(C(=O)O)=C([C@H]3CCCO3)S[C@H]12.CCCCOC(=O)CSC1=C(C(=O)[O-])N2C(=O)[C@H]([C@@H](C)O)[C@H]2[C@H]1C.C[C@H](O)[C@@H]1C(=O)N2C(C(=O)O)=C(S[C@@H]3CN[C@H](CNS(N)(=O)=O)C3)C[C@H]12.C[C@H](O)[C@@H]1C(=O)N2C(C(=O)O)=C(S[C@@H]3CN[C@H](CNS(N)(=O)=O)C3)C[C@H]12.[Na+]. The Bertz CT molecular complexity index is 4970. The van der Waals surface area contributed by atoms with Crippen LogP contribution in [-0.4, -0.2) is 349 Å². The van der Waals surface area contributed by atoms with Crippen molar-refractivity contribution in [2.45, 2.75) is 260 Å². The summed E-state index contributed by atoms with van der Waals surface area (Å²) < 4.78 is 58.9. The molecule has 15 rings (SSSR count). The summed E-state index contributed by atoms with van der Waals surface area (Å²) in [6.45, 7) is 18.6. The molecule has 15 aliphatic rings. The molecule has 0 aromatic carbocycles. The van der Waals surface area contributed by atoms with E-state index in [2.05, 4.69) is 20.1 Å². The number of nitrogens with zero attached hydrogens (tertiary/aromatic N) is 6. The summed E-state index contributed by atoms with van der Waals surface area (Å²) in [4.78, 5) is 186. The van der Waals surface area contributed by atoms with Crippen LogP contribution in [0.4, 0.5) is 0 Å². The van der Waals surface area contributed by atoms with Gasteiger partial charge in [-0.25, -0.2) is 43.7 Å². The molecular weight excluding hydrogens is 1980 g/mol.